The second-order valence-corrected chi connectivity index (χ2v) is 7.46. The first kappa shape index (κ1) is 20.6. The van der Waals surface area contributed by atoms with Crippen LogP contribution in [0.2, 0.25) is 5.02 Å². The minimum absolute atomic E-state index is 0.213. The summed E-state index contributed by atoms with van der Waals surface area (Å²) in [5.74, 6) is -0.396. The van der Waals surface area contributed by atoms with Crippen LogP contribution >= 0.6 is 11.6 Å². The van der Waals surface area contributed by atoms with E-state index in [4.69, 9.17) is 11.6 Å². The summed E-state index contributed by atoms with van der Waals surface area (Å²) in [6.45, 7) is 0.183. The van der Waals surface area contributed by atoms with Crippen LogP contribution in [0.5, 0.6) is 0 Å². The Kier molecular flexibility index (Phi) is 5.95. The molecule has 2 aromatic carbocycles. The third-order valence-electron chi connectivity index (χ3n) is 4.85. The zero-order valence-corrected chi connectivity index (χ0v) is 17.2. The number of pyridine rings is 1. The van der Waals surface area contributed by atoms with Gasteiger partial charge in [-0.1, -0.05) is 54.1 Å². The summed E-state index contributed by atoms with van der Waals surface area (Å²) in [5, 5.41) is 3.33. The Hall–Kier alpha value is -3.71. The minimum atomic E-state index is -0.769. The topological polar surface area (TPSA) is 86.0 Å². The van der Waals surface area contributed by atoms with Crippen molar-refractivity contribution in [1.82, 2.24) is 19.4 Å². The van der Waals surface area contributed by atoms with E-state index in [1.807, 2.05) is 36.4 Å². The first-order valence-corrected chi connectivity index (χ1v) is 10.0. The number of nitrogens with one attached hydrogen (secondary N) is 1. The lowest BCUT2D eigenvalue weighted by molar-refractivity contribution is -0.121. The number of halogens is 1. The zero-order valence-electron chi connectivity index (χ0n) is 16.5. The molecule has 0 spiro atoms. The molecule has 0 saturated carbocycles. The molecule has 156 valence electrons. The Morgan fingerprint density at radius 1 is 0.903 bits per heavy atom. The smallest absolute Gasteiger partial charge is 0.318 e. The van der Waals surface area contributed by atoms with Crippen LogP contribution in [-0.2, 0) is 24.4 Å². The van der Waals surface area contributed by atoms with E-state index in [1.165, 1.54) is 9.13 Å². The molecule has 0 bridgehead atoms. The van der Waals surface area contributed by atoms with E-state index in [-0.39, 0.29) is 19.6 Å². The maximum absolute atomic E-state index is 12.9. The SMILES string of the molecule is O=C(Cn1c(=O)c(=O)n(Cc2ccccc2)c2ncccc21)NCc1cccc(Cl)c1. The lowest BCUT2D eigenvalue weighted by atomic mass is 10.2. The Bertz CT molecular complexity index is 1360. The molecular formula is C23H19ClN4O3. The molecule has 2 heterocycles. The molecule has 0 aliphatic carbocycles. The molecular weight excluding hydrogens is 416 g/mol. The second kappa shape index (κ2) is 8.97. The van der Waals surface area contributed by atoms with Gasteiger partial charge in [0.15, 0.2) is 5.65 Å². The molecule has 0 aliphatic heterocycles. The van der Waals surface area contributed by atoms with Gasteiger partial charge >= 0.3 is 11.1 Å². The van der Waals surface area contributed by atoms with Gasteiger partial charge in [0.25, 0.3) is 0 Å². The molecule has 7 nitrogen and oxygen atoms in total. The number of amides is 1. The van der Waals surface area contributed by atoms with Crippen LogP contribution < -0.4 is 16.4 Å². The molecule has 0 saturated heterocycles. The number of carbonyl (C=O) groups excluding carboxylic acids is 1. The Balaban J connectivity index is 1.65. The summed E-state index contributed by atoms with van der Waals surface area (Å²) in [4.78, 5) is 42.5. The van der Waals surface area contributed by atoms with Crippen LogP contribution in [0.25, 0.3) is 11.2 Å². The average Bonchev–Trinajstić information content (AvgIpc) is 2.79. The van der Waals surface area contributed by atoms with Gasteiger partial charge in [-0.2, -0.15) is 0 Å². The number of carbonyl (C=O) groups is 1. The van der Waals surface area contributed by atoms with Gasteiger partial charge in [0.2, 0.25) is 5.91 Å². The molecule has 2 aromatic heterocycles. The van der Waals surface area contributed by atoms with Gasteiger partial charge in [-0.05, 0) is 35.4 Å². The van der Waals surface area contributed by atoms with Crippen LogP contribution in [0, 0.1) is 0 Å². The fourth-order valence-electron chi connectivity index (χ4n) is 3.36. The molecule has 0 fully saturated rings. The molecule has 0 radical (unpaired) electrons. The number of nitrogens with zero attached hydrogens (tertiary/aromatic N) is 3. The van der Waals surface area contributed by atoms with Gasteiger partial charge < -0.3 is 5.32 Å². The van der Waals surface area contributed by atoms with Crippen LogP contribution in [0.1, 0.15) is 11.1 Å². The van der Waals surface area contributed by atoms with E-state index in [2.05, 4.69) is 10.3 Å². The highest BCUT2D eigenvalue weighted by Crippen LogP contribution is 2.11. The van der Waals surface area contributed by atoms with E-state index in [9.17, 15) is 14.4 Å². The van der Waals surface area contributed by atoms with Crippen LogP contribution in [0.3, 0.4) is 0 Å². The highest BCUT2D eigenvalue weighted by molar-refractivity contribution is 6.30. The van der Waals surface area contributed by atoms with E-state index in [0.29, 0.717) is 16.2 Å². The molecule has 8 heteroatoms. The van der Waals surface area contributed by atoms with Gasteiger partial charge in [-0.3, -0.25) is 23.5 Å². The fraction of sp³-hybridized carbons (Fsp3) is 0.130. The fourth-order valence-corrected chi connectivity index (χ4v) is 3.57. The maximum Gasteiger partial charge on any atom is 0.318 e. The molecule has 31 heavy (non-hydrogen) atoms. The summed E-state index contributed by atoms with van der Waals surface area (Å²) in [7, 11) is 0. The van der Waals surface area contributed by atoms with Gasteiger partial charge in [0.1, 0.15) is 6.54 Å². The van der Waals surface area contributed by atoms with Crippen molar-refractivity contribution in [2.24, 2.45) is 0 Å². The summed E-state index contributed by atoms with van der Waals surface area (Å²) in [6.07, 6.45) is 1.55. The largest absolute Gasteiger partial charge is 0.350 e. The molecule has 0 unspecified atom stereocenters. The number of benzene rings is 2. The monoisotopic (exact) mass is 434 g/mol. The van der Waals surface area contributed by atoms with Gasteiger partial charge in [-0.15, -0.1) is 0 Å². The summed E-state index contributed by atoms with van der Waals surface area (Å²) in [5.41, 5.74) is 0.970. The second-order valence-electron chi connectivity index (χ2n) is 7.02. The van der Waals surface area contributed by atoms with Crippen LogP contribution in [-0.4, -0.2) is 20.0 Å². The zero-order chi connectivity index (χ0) is 21.8. The first-order valence-electron chi connectivity index (χ1n) is 9.66. The number of rotatable bonds is 6. The molecule has 4 rings (SSSR count). The van der Waals surface area contributed by atoms with Gasteiger partial charge in [0, 0.05) is 17.8 Å². The van der Waals surface area contributed by atoms with E-state index in [0.717, 1.165) is 11.1 Å². The van der Waals surface area contributed by atoms with Crippen molar-refractivity contribution < 1.29 is 4.79 Å². The lowest BCUT2D eigenvalue weighted by Gasteiger charge is -2.14. The predicted molar refractivity (Wildman–Crippen MR) is 119 cm³/mol. The minimum Gasteiger partial charge on any atom is -0.350 e. The van der Waals surface area contributed by atoms with Crippen LogP contribution in [0.4, 0.5) is 0 Å². The highest BCUT2D eigenvalue weighted by atomic mass is 35.5. The Labute approximate surface area is 182 Å². The standard InChI is InChI=1S/C23H19ClN4O3/c24-18-9-4-8-17(12-18)13-26-20(29)15-27-19-10-5-11-25-21(19)28(23(31)22(27)30)14-16-6-2-1-3-7-16/h1-12H,13-15H2,(H,26,29). The van der Waals surface area contributed by atoms with Crippen molar-refractivity contribution in [1.29, 1.82) is 0 Å². The van der Waals surface area contributed by atoms with Crippen molar-refractivity contribution in [3.8, 4) is 0 Å². The van der Waals surface area contributed by atoms with Crippen molar-refractivity contribution in [3.05, 3.63) is 110 Å². The molecule has 0 aliphatic rings. The number of aromatic nitrogens is 3. The van der Waals surface area contributed by atoms with E-state index >= 15 is 0 Å². The molecule has 0 atom stereocenters. The number of hydrogen-bond donors (Lipinski definition) is 1. The summed E-state index contributed by atoms with van der Waals surface area (Å²) in [6, 6.07) is 19.8. The predicted octanol–water partition coefficient (Wildman–Crippen LogP) is 2.58. The van der Waals surface area contributed by atoms with Crippen molar-refractivity contribution in [2.45, 2.75) is 19.6 Å². The number of fused-ring (bicyclic) bond motifs is 1. The molecule has 4 aromatic rings. The van der Waals surface area contributed by atoms with Gasteiger partial charge in [-0.25, -0.2) is 4.98 Å². The van der Waals surface area contributed by atoms with Crippen molar-refractivity contribution >= 4 is 28.7 Å². The third kappa shape index (κ3) is 4.57. The average molecular weight is 435 g/mol. The third-order valence-corrected chi connectivity index (χ3v) is 5.08. The normalized spacial score (nSPS) is 10.9. The lowest BCUT2D eigenvalue weighted by Crippen LogP contribution is -2.44. The molecule has 1 N–H and O–H groups in total. The first-order chi connectivity index (χ1) is 15.0. The van der Waals surface area contributed by atoms with Gasteiger partial charge in [0.05, 0.1) is 12.1 Å². The van der Waals surface area contributed by atoms with E-state index < -0.39 is 17.0 Å². The van der Waals surface area contributed by atoms with Crippen molar-refractivity contribution in [2.75, 3.05) is 0 Å². The number of hydrogen-bond acceptors (Lipinski definition) is 4. The Morgan fingerprint density at radius 3 is 2.42 bits per heavy atom. The summed E-state index contributed by atoms with van der Waals surface area (Å²) >= 11 is 5.96. The maximum atomic E-state index is 12.9. The quantitative estimate of drug-likeness (QED) is 0.472. The molecule has 1 amide bonds. The van der Waals surface area contributed by atoms with Crippen molar-refractivity contribution in [3.63, 3.8) is 0 Å². The van der Waals surface area contributed by atoms with Crippen LogP contribution in [0.15, 0.2) is 82.5 Å². The van der Waals surface area contributed by atoms with E-state index in [1.54, 1.807) is 36.5 Å². The highest BCUT2D eigenvalue weighted by Gasteiger charge is 2.16. The Morgan fingerprint density at radius 2 is 1.65 bits per heavy atom. The summed E-state index contributed by atoms with van der Waals surface area (Å²) < 4.78 is 2.51.